The Morgan fingerprint density at radius 2 is 1.55 bits per heavy atom. The Kier molecular flexibility index (Phi) is 7.59. The number of carbonyl (C=O) groups excluding carboxylic acids is 1. The van der Waals surface area contributed by atoms with Crippen molar-refractivity contribution in [2.24, 2.45) is 0 Å². The number of unbranched alkanes of at least 4 members (excludes halogenated alkanes) is 5. The highest BCUT2D eigenvalue weighted by atomic mass is 16.5. The Morgan fingerprint density at radius 1 is 1.00 bits per heavy atom. The van der Waals surface area contributed by atoms with E-state index in [9.17, 15) is 9.59 Å². The summed E-state index contributed by atoms with van der Waals surface area (Å²) in [6, 6.07) is 0. The van der Waals surface area contributed by atoms with Crippen molar-refractivity contribution in [2.45, 2.75) is 51.4 Å². The van der Waals surface area contributed by atoms with Gasteiger partial charge in [0.25, 0.3) is 0 Å². The van der Waals surface area contributed by atoms with Crippen LogP contribution in [0, 0.1) is 0 Å². The molecule has 0 aromatic carbocycles. The third-order valence-corrected chi connectivity index (χ3v) is 3.90. The molecule has 0 unspecified atom stereocenters. The lowest BCUT2D eigenvalue weighted by Crippen LogP contribution is -2.25. The Labute approximate surface area is 121 Å². The zero-order valence-electron chi connectivity index (χ0n) is 12.6. The Hall–Kier alpha value is -1.10. The van der Waals surface area contributed by atoms with Crippen LogP contribution in [0.2, 0.25) is 0 Å². The topological polar surface area (TPSA) is 63.6 Å². The number of nitrogens with zero attached hydrogens (tertiary/aromatic N) is 1. The molecule has 1 N–H and O–H groups in total. The zero-order valence-corrected chi connectivity index (χ0v) is 12.6. The fourth-order valence-corrected chi connectivity index (χ4v) is 2.10. The molecule has 1 aliphatic heterocycles. The van der Waals surface area contributed by atoms with Gasteiger partial charge in [0.15, 0.2) is 0 Å². The maximum absolute atomic E-state index is 11.5. The average molecular weight is 286 g/mol. The molecule has 1 saturated heterocycles. The number of esters is 1. The molecule has 0 aromatic rings. The maximum atomic E-state index is 11.5. The monoisotopic (exact) mass is 286 g/mol. The van der Waals surface area contributed by atoms with Crippen LogP contribution in [0.1, 0.15) is 51.4 Å². The van der Waals surface area contributed by atoms with Gasteiger partial charge in [0.2, 0.25) is 0 Å². The Morgan fingerprint density at radius 3 is 2.10 bits per heavy atom. The van der Waals surface area contributed by atoms with Crippen LogP contribution in [0.15, 0.2) is 0 Å². The summed E-state index contributed by atoms with van der Waals surface area (Å²) in [6.45, 7) is 3.90. The number of hydrogen-bond acceptors (Lipinski definition) is 3. The minimum atomic E-state index is -0.716. The van der Waals surface area contributed by atoms with E-state index in [1.54, 1.807) is 0 Å². The van der Waals surface area contributed by atoms with Crippen molar-refractivity contribution in [1.29, 1.82) is 0 Å². The van der Waals surface area contributed by atoms with E-state index in [2.05, 4.69) is 7.05 Å². The van der Waals surface area contributed by atoms with Crippen molar-refractivity contribution < 1.29 is 23.9 Å². The molecule has 0 spiro atoms. The van der Waals surface area contributed by atoms with Crippen LogP contribution in [-0.2, 0) is 14.3 Å². The molecule has 0 aliphatic carbocycles. The second-order valence-electron chi connectivity index (χ2n) is 6.03. The van der Waals surface area contributed by atoms with Crippen molar-refractivity contribution in [3.05, 3.63) is 0 Å². The summed E-state index contributed by atoms with van der Waals surface area (Å²) >= 11 is 0. The van der Waals surface area contributed by atoms with Gasteiger partial charge in [-0.1, -0.05) is 25.7 Å². The van der Waals surface area contributed by atoms with Gasteiger partial charge in [-0.15, -0.1) is 0 Å². The largest absolute Gasteiger partial charge is 0.481 e. The van der Waals surface area contributed by atoms with Gasteiger partial charge in [0.1, 0.15) is 26.2 Å². The molecular formula is C15H28NO4+. The first kappa shape index (κ1) is 17.0. The van der Waals surface area contributed by atoms with Gasteiger partial charge in [-0.2, -0.15) is 0 Å². The molecule has 0 aromatic heterocycles. The van der Waals surface area contributed by atoms with E-state index in [1.165, 1.54) is 13.1 Å². The van der Waals surface area contributed by atoms with Crippen LogP contribution in [0.3, 0.4) is 0 Å². The van der Waals surface area contributed by atoms with E-state index < -0.39 is 5.97 Å². The summed E-state index contributed by atoms with van der Waals surface area (Å²) in [5.41, 5.74) is 0. The number of ether oxygens (including phenoxy) is 1. The van der Waals surface area contributed by atoms with Crippen LogP contribution in [-0.4, -0.2) is 54.8 Å². The molecule has 5 nitrogen and oxygen atoms in total. The number of carboxylic acids is 1. The average Bonchev–Trinajstić information content (AvgIpc) is 3.10. The molecule has 0 atom stereocenters. The van der Waals surface area contributed by atoms with Crippen LogP contribution >= 0.6 is 0 Å². The highest BCUT2D eigenvalue weighted by molar-refractivity contribution is 5.69. The molecule has 0 amide bonds. The molecule has 116 valence electrons. The number of aliphatic carboxylic acids is 1. The number of carboxylic acid groups (broad SMARTS) is 1. The fraction of sp³-hybridized carbons (Fsp3) is 0.867. The summed E-state index contributed by atoms with van der Waals surface area (Å²) in [6.07, 6.45) is 6.53. The molecule has 1 heterocycles. The first-order valence-electron chi connectivity index (χ1n) is 7.73. The number of hydrogen-bond donors (Lipinski definition) is 1. The highest BCUT2D eigenvalue weighted by Gasteiger charge is 2.36. The third kappa shape index (κ3) is 8.91. The van der Waals surface area contributed by atoms with E-state index in [0.717, 1.165) is 49.6 Å². The SMILES string of the molecule is C[N+]1(CCOC(=O)CCCCCCCCC(=O)O)CC1. The molecule has 0 bridgehead atoms. The van der Waals surface area contributed by atoms with E-state index in [1.807, 2.05) is 0 Å². The summed E-state index contributed by atoms with van der Waals surface area (Å²) in [7, 11) is 2.18. The second-order valence-corrected chi connectivity index (χ2v) is 6.03. The standard InChI is InChI=1S/C15H27NO4/c1-16(10-11-16)12-13-20-15(19)9-7-5-3-2-4-6-8-14(17)18/h2-13H2,1H3/p+1. The van der Waals surface area contributed by atoms with E-state index in [0.29, 0.717) is 13.0 Å². The van der Waals surface area contributed by atoms with Crippen molar-refractivity contribution >= 4 is 11.9 Å². The maximum Gasteiger partial charge on any atom is 0.305 e. The molecule has 0 saturated carbocycles. The van der Waals surface area contributed by atoms with Gasteiger partial charge >= 0.3 is 11.9 Å². The molecule has 1 aliphatic rings. The van der Waals surface area contributed by atoms with Crippen LogP contribution < -0.4 is 0 Å². The van der Waals surface area contributed by atoms with Crippen molar-refractivity contribution in [3.8, 4) is 0 Å². The lowest BCUT2D eigenvalue weighted by molar-refractivity contribution is -0.777. The van der Waals surface area contributed by atoms with Crippen LogP contribution in [0.25, 0.3) is 0 Å². The summed E-state index contributed by atoms with van der Waals surface area (Å²) < 4.78 is 6.25. The van der Waals surface area contributed by atoms with Crippen molar-refractivity contribution in [1.82, 2.24) is 0 Å². The van der Waals surface area contributed by atoms with Gasteiger partial charge in [-0.25, -0.2) is 0 Å². The number of likely N-dealkylation sites (N-methyl/N-ethyl adjacent to an activating group) is 1. The lowest BCUT2D eigenvalue weighted by atomic mass is 10.1. The smallest absolute Gasteiger partial charge is 0.305 e. The molecule has 0 radical (unpaired) electrons. The van der Waals surface area contributed by atoms with E-state index in [4.69, 9.17) is 9.84 Å². The van der Waals surface area contributed by atoms with Gasteiger partial charge in [0, 0.05) is 12.8 Å². The van der Waals surface area contributed by atoms with Crippen molar-refractivity contribution in [2.75, 3.05) is 33.3 Å². The highest BCUT2D eigenvalue weighted by Crippen LogP contribution is 2.15. The Balaban J connectivity index is 1.80. The summed E-state index contributed by atoms with van der Waals surface area (Å²) in [4.78, 5) is 21.8. The molecule has 1 rings (SSSR count). The second kappa shape index (κ2) is 8.95. The lowest BCUT2D eigenvalue weighted by Gasteiger charge is -2.11. The minimum Gasteiger partial charge on any atom is -0.481 e. The van der Waals surface area contributed by atoms with E-state index in [-0.39, 0.29) is 12.4 Å². The quantitative estimate of drug-likeness (QED) is 0.258. The predicted octanol–water partition coefficient (Wildman–Crippen LogP) is 2.20. The number of carbonyl (C=O) groups is 2. The molecule has 20 heavy (non-hydrogen) atoms. The van der Waals surface area contributed by atoms with E-state index >= 15 is 0 Å². The zero-order chi connectivity index (χ0) is 14.8. The first-order chi connectivity index (χ1) is 9.52. The normalized spacial score (nSPS) is 15.8. The van der Waals surface area contributed by atoms with Crippen LogP contribution in [0.4, 0.5) is 0 Å². The molecular weight excluding hydrogens is 258 g/mol. The van der Waals surface area contributed by atoms with Crippen LogP contribution in [0.5, 0.6) is 0 Å². The molecule has 5 heteroatoms. The summed E-state index contributed by atoms with van der Waals surface area (Å²) in [5.74, 6) is -0.796. The molecule has 1 fully saturated rings. The first-order valence-corrected chi connectivity index (χ1v) is 7.73. The fourth-order valence-electron chi connectivity index (χ4n) is 2.10. The Bertz CT molecular complexity index is 313. The van der Waals surface area contributed by atoms with Gasteiger partial charge in [-0.3, -0.25) is 9.59 Å². The number of rotatable bonds is 12. The van der Waals surface area contributed by atoms with Gasteiger partial charge in [0.05, 0.1) is 7.05 Å². The third-order valence-electron chi connectivity index (χ3n) is 3.90. The van der Waals surface area contributed by atoms with Gasteiger partial charge < -0.3 is 14.3 Å². The van der Waals surface area contributed by atoms with Gasteiger partial charge in [-0.05, 0) is 12.8 Å². The number of quaternary nitrogens is 1. The summed E-state index contributed by atoms with van der Waals surface area (Å²) in [5, 5.41) is 8.49. The minimum absolute atomic E-state index is 0.0793. The predicted molar refractivity (Wildman–Crippen MR) is 76.3 cm³/mol. The van der Waals surface area contributed by atoms with Crippen molar-refractivity contribution in [3.63, 3.8) is 0 Å².